The average Bonchev–Trinajstić information content (AvgIpc) is 3.22. The summed E-state index contributed by atoms with van der Waals surface area (Å²) in [5.41, 5.74) is 7.39. The lowest BCUT2D eigenvalue weighted by Crippen LogP contribution is -2.41. The fourth-order valence-corrected chi connectivity index (χ4v) is 2.77. The van der Waals surface area contributed by atoms with Crippen LogP contribution in [0.3, 0.4) is 0 Å². The smallest absolute Gasteiger partial charge is 0.191 e. The van der Waals surface area contributed by atoms with Crippen LogP contribution in [0.15, 0.2) is 29.4 Å². The number of nitrogens with two attached hydrogens (primary N) is 1. The quantitative estimate of drug-likeness (QED) is 0.663. The first-order chi connectivity index (χ1) is 9.21. The maximum absolute atomic E-state index is 6.08. The summed E-state index contributed by atoms with van der Waals surface area (Å²) in [6.45, 7) is 0.771. The van der Waals surface area contributed by atoms with Crippen LogP contribution in [0, 0.1) is 0 Å². The minimum Gasteiger partial charge on any atom is -0.370 e. The van der Waals surface area contributed by atoms with Crippen LogP contribution in [0.1, 0.15) is 37.8 Å². The van der Waals surface area contributed by atoms with E-state index in [1.54, 1.807) is 0 Å². The van der Waals surface area contributed by atoms with E-state index in [0.29, 0.717) is 12.0 Å². The molecule has 102 valence electrons. The van der Waals surface area contributed by atoms with Crippen molar-refractivity contribution in [2.24, 2.45) is 10.7 Å². The van der Waals surface area contributed by atoms with Gasteiger partial charge in [-0.3, -0.25) is 9.98 Å². The first-order valence-corrected chi connectivity index (χ1v) is 7.16. The Morgan fingerprint density at radius 2 is 2.26 bits per heavy atom. The third-order valence-electron chi connectivity index (χ3n) is 4.52. The van der Waals surface area contributed by atoms with Gasteiger partial charge < -0.3 is 10.6 Å². The van der Waals surface area contributed by atoms with Crippen molar-refractivity contribution >= 4 is 5.96 Å². The van der Waals surface area contributed by atoms with Gasteiger partial charge in [0.2, 0.25) is 0 Å². The topological polar surface area (TPSA) is 54.5 Å². The molecule has 1 heterocycles. The van der Waals surface area contributed by atoms with E-state index in [4.69, 9.17) is 5.73 Å². The standard InChI is InChI=1S/C15H22N4/c1-19(12-6-7-12)14(16)18-11-15(8-4-9-15)13-5-2-3-10-17-13/h2-3,5,10,12H,4,6-9,11H2,1H3,(H2,16,18). The van der Waals surface area contributed by atoms with Gasteiger partial charge >= 0.3 is 0 Å². The lowest BCUT2D eigenvalue weighted by molar-refractivity contribution is 0.245. The number of aliphatic imine (C=N–C) groups is 1. The minimum atomic E-state index is 0.135. The molecule has 1 aromatic heterocycles. The molecule has 0 atom stereocenters. The van der Waals surface area contributed by atoms with Gasteiger partial charge in [-0.25, -0.2) is 0 Å². The molecule has 0 aliphatic heterocycles. The Labute approximate surface area is 114 Å². The van der Waals surface area contributed by atoms with Gasteiger partial charge in [-0.1, -0.05) is 12.5 Å². The maximum atomic E-state index is 6.08. The third kappa shape index (κ3) is 2.44. The first kappa shape index (κ1) is 12.5. The minimum absolute atomic E-state index is 0.135. The van der Waals surface area contributed by atoms with E-state index in [1.807, 2.05) is 19.3 Å². The molecule has 4 heteroatoms. The lowest BCUT2D eigenvalue weighted by atomic mass is 9.66. The highest BCUT2D eigenvalue weighted by Crippen LogP contribution is 2.43. The summed E-state index contributed by atoms with van der Waals surface area (Å²) in [5.74, 6) is 0.685. The molecular weight excluding hydrogens is 236 g/mol. The summed E-state index contributed by atoms with van der Waals surface area (Å²) in [7, 11) is 2.05. The van der Waals surface area contributed by atoms with E-state index in [2.05, 4.69) is 27.0 Å². The molecule has 0 radical (unpaired) electrons. The van der Waals surface area contributed by atoms with Gasteiger partial charge in [0.05, 0.1) is 6.54 Å². The SMILES string of the molecule is CN(C(N)=NCC1(c2ccccn2)CCC1)C1CC1. The van der Waals surface area contributed by atoms with Crippen LogP contribution in [0.5, 0.6) is 0 Å². The zero-order valence-electron chi connectivity index (χ0n) is 11.5. The Bertz CT molecular complexity index is 460. The molecule has 2 aliphatic carbocycles. The predicted octanol–water partition coefficient (Wildman–Crippen LogP) is 1.91. The second kappa shape index (κ2) is 4.83. The zero-order chi connectivity index (χ0) is 13.3. The van der Waals surface area contributed by atoms with E-state index >= 15 is 0 Å². The van der Waals surface area contributed by atoms with Gasteiger partial charge in [-0.2, -0.15) is 0 Å². The second-order valence-electron chi connectivity index (χ2n) is 5.87. The number of rotatable bonds is 4. The van der Waals surface area contributed by atoms with E-state index in [9.17, 15) is 0 Å². The third-order valence-corrected chi connectivity index (χ3v) is 4.52. The van der Waals surface area contributed by atoms with Crippen LogP contribution in [0.4, 0.5) is 0 Å². The van der Waals surface area contributed by atoms with Crippen molar-refractivity contribution in [3.05, 3.63) is 30.1 Å². The molecule has 0 spiro atoms. The van der Waals surface area contributed by atoms with Crippen molar-refractivity contribution in [1.82, 2.24) is 9.88 Å². The van der Waals surface area contributed by atoms with Crippen LogP contribution in [-0.4, -0.2) is 35.5 Å². The molecule has 0 bridgehead atoms. The Balaban J connectivity index is 1.71. The van der Waals surface area contributed by atoms with E-state index < -0.39 is 0 Å². The highest BCUT2D eigenvalue weighted by atomic mass is 15.3. The van der Waals surface area contributed by atoms with Gasteiger partial charge in [-0.05, 0) is 37.8 Å². The van der Waals surface area contributed by atoms with Crippen LogP contribution >= 0.6 is 0 Å². The van der Waals surface area contributed by atoms with E-state index in [1.165, 1.54) is 37.8 Å². The molecule has 2 saturated carbocycles. The number of hydrogen-bond donors (Lipinski definition) is 1. The zero-order valence-corrected chi connectivity index (χ0v) is 11.5. The molecule has 0 unspecified atom stereocenters. The number of guanidine groups is 1. The van der Waals surface area contributed by atoms with Gasteiger partial charge in [0.25, 0.3) is 0 Å². The van der Waals surface area contributed by atoms with Crippen molar-refractivity contribution in [2.45, 2.75) is 43.6 Å². The summed E-state index contributed by atoms with van der Waals surface area (Å²) in [6, 6.07) is 6.77. The monoisotopic (exact) mass is 258 g/mol. The first-order valence-electron chi connectivity index (χ1n) is 7.16. The van der Waals surface area contributed by atoms with Crippen LogP contribution in [-0.2, 0) is 5.41 Å². The molecule has 2 fully saturated rings. The largest absolute Gasteiger partial charge is 0.370 e. The highest BCUT2D eigenvalue weighted by molar-refractivity contribution is 5.78. The summed E-state index contributed by atoms with van der Waals surface area (Å²) in [4.78, 5) is 11.3. The second-order valence-corrected chi connectivity index (χ2v) is 5.87. The van der Waals surface area contributed by atoms with Crippen molar-refractivity contribution in [1.29, 1.82) is 0 Å². The Morgan fingerprint density at radius 3 is 2.79 bits per heavy atom. The molecule has 0 amide bonds. The maximum Gasteiger partial charge on any atom is 0.191 e. The summed E-state index contributed by atoms with van der Waals surface area (Å²) < 4.78 is 0. The number of nitrogens with zero attached hydrogens (tertiary/aromatic N) is 3. The van der Waals surface area contributed by atoms with Gasteiger partial charge in [0.1, 0.15) is 0 Å². The van der Waals surface area contributed by atoms with Crippen molar-refractivity contribution < 1.29 is 0 Å². The van der Waals surface area contributed by atoms with Crippen molar-refractivity contribution in [3.63, 3.8) is 0 Å². The molecule has 2 N–H and O–H groups in total. The Morgan fingerprint density at radius 1 is 1.47 bits per heavy atom. The summed E-state index contributed by atoms with van der Waals surface area (Å²) >= 11 is 0. The molecule has 0 saturated heterocycles. The van der Waals surface area contributed by atoms with Crippen molar-refractivity contribution in [2.75, 3.05) is 13.6 Å². The number of hydrogen-bond acceptors (Lipinski definition) is 2. The van der Waals surface area contributed by atoms with Crippen LogP contribution in [0.2, 0.25) is 0 Å². The van der Waals surface area contributed by atoms with E-state index in [0.717, 1.165) is 6.54 Å². The van der Waals surface area contributed by atoms with Gasteiger partial charge in [-0.15, -0.1) is 0 Å². The van der Waals surface area contributed by atoms with Gasteiger partial charge in [0.15, 0.2) is 5.96 Å². The molecule has 0 aromatic carbocycles. The normalized spacial score (nSPS) is 21.8. The fraction of sp³-hybridized carbons (Fsp3) is 0.600. The van der Waals surface area contributed by atoms with E-state index in [-0.39, 0.29) is 5.41 Å². The van der Waals surface area contributed by atoms with Crippen LogP contribution in [0.25, 0.3) is 0 Å². The molecule has 1 aromatic rings. The number of pyridine rings is 1. The molecule has 2 aliphatic rings. The Kier molecular flexibility index (Phi) is 3.17. The predicted molar refractivity (Wildman–Crippen MR) is 77.0 cm³/mol. The van der Waals surface area contributed by atoms with Crippen molar-refractivity contribution in [3.8, 4) is 0 Å². The fourth-order valence-electron chi connectivity index (χ4n) is 2.77. The Hall–Kier alpha value is -1.58. The lowest BCUT2D eigenvalue weighted by Gasteiger charge is -2.40. The summed E-state index contributed by atoms with van der Waals surface area (Å²) in [5, 5.41) is 0. The summed E-state index contributed by atoms with van der Waals surface area (Å²) in [6.07, 6.45) is 7.99. The van der Waals surface area contributed by atoms with Crippen LogP contribution < -0.4 is 5.73 Å². The number of aromatic nitrogens is 1. The highest BCUT2D eigenvalue weighted by Gasteiger charge is 2.40. The molecular formula is C15H22N4. The molecule has 4 nitrogen and oxygen atoms in total. The molecule has 3 rings (SSSR count). The average molecular weight is 258 g/mol. The molecule has 19 heavy (non-hydrogen) atoms. The van der Waals surface area contributed by atoms with Gasteiger partial charge in [0, 0.05) is 30.4 Å².